The Morgan fingerprint density at radius 1 is 1.12 bits per heavy atom. The largest absolute Gasteiger partial charge is 0.476 e. The molecule has 0 radical (unpaired) electrons. The lowest BCUT2D eigenvalue weighted by Gasteiger charge is -2.19. The number of amides is 1. The zero-order chi connectivity index (χ0) is 17.7. The van der Waals surface area contributed by atoms with Crippen LogP contribution in [0.4, 0.5) is 0 Å². The number of rotatable bonds is 6. The molecule has 2 N–H and O–H groups in total. The number of methoxy groups -OCH3 is 1. The fourth-order valence-electron chi connectivity index (χ4n) is 2.09. The molecule has 126 valence electrons. The van der Waals surface area contributed by atoms with E-state index < -0.39 is 18.0 Å². The number of benzene rings is 2. The molecule has 0 saturated carbocycles. The van der Waals surface area contributed by atoms with E-state index in [1.807, 2.05) is 30.3 Å². The Morgan fingerprint density at radius 2 is 1.71 bits per heavy atom. The molecule has 0 aliphatic carbocycles. The van der Waals surface area contributed by atoms with Crippen LogP contribution >= 0.6 is 31.9 Å². The number of carbonyl (C=O) groups is 2. The van der Waals surface area contributed by atoms with Crippen molar-refractivity contribution in [1.29, 1.82) is 0 Å². The first-order chi connectivity index (χ1) is 11.4. The molecule has 0 fully saturated rings. The van der Waals surface area contributed by atoms with E-state index in [2.05, 4.69) is 31.9 Å². The van der Waals surface area contributed by atoms with Crippen molar-refractivity contribution >= 4 is 43.7 Å². The minimum absolute atomic E-state index is 0.318. The van der Waals surface area contributed by atoms with Crippen molar-refractivity contribution in [3.05, 3.63) is 62.5 Å². The molecule has 2 aromatic carbocycles. The fourth-order valence-corrected chi connectivity index (χ4v) is 3.46. The maximum atomic E-state index is 12.1. The number of halogens is 2. The van der Waals surface area contributed by atoms with Crippen LogP contribution in [-0.2, 0) is 16.0 Å². The maximum Gasteiger partial charge on any atom is 0.347 e. The van der Waals surface area contributed by atoms with Crippen molar-refractivity contribution in [1.82, 2.24) is 0 Å². The fraction of sp³-hybridized carbons (Fsp3) is 0.176. The molecule has 5 nitrogen and oxygen atoms in total. The Kier molecular flexibility index (Phi) is 6.39. The van der Waals surface area contributed by atoms with Gasteiger partial charge in [0, 0.05) is 12.0 Å². The summed E-state index contributed by atoms with van der Waals surface area (Å²) >= 11 is 6.67. The van der Waals surface area contributed by atoms with Crippen molar-refractivity contribution in [2.45, 2.75) is 12.5 Å². The SMILES string of the molecule is COC(=O)[C@@H](Cc1ccccc1)Oc1c(Br)cc(C(N)=O)cc1Br. The molecule has 1 amide bonds. The molecular formula is C17H15Br2NO4. The van der Waals surface area contributed by atoms with Crippen molar-refractivity contribution in [3.8, 4) is 5.75 Å². The quantitative estimate of drug-likeness (QED) is 0.675. The van der Waals surface area contributed by atoms with Gasteiger partial charge in [-0.1, -0.05) is 30.3 Å². The summed E-state index contributed by atoms with van der Waals surface area (Å²) in [6.45, 7) is 0. The highest BCUT2D eigenvalue weighted by molar-refractivity contribution is 9.11. The van der Waals surface area contributed by atoms with Crippen molar-refractivity contribution < 1.29 is 19.1 Å². The van der Waals surface area contributed by atoms with E-state index in [0.29, 0.717) is 26.7 Å². The minimum atomic E-state index is -0.829. The third kappa shape index (κ3) is 4.58. The maximum absolute atomic E-state index is 12.1. The van der Waals surface area contributed by atoms with Gasteiger partial charge in [0.2, 0.25) is 5.91 Å². The molecule has 0 unspecified atom stereocenters. The topological polar surface area (TPSA) is 78.6 Å². The number of carbonyl (C=O) groups excluding carboxylic acids is 2. The Hall–Kier alpha value is -1.86. The Balaban J connectivity index is 2.30. The third-order valence-electron chi connectivity index (χ3n) is 3.27. The first-order valence-corrected chi connectivity index (χ1v) is 8.58. The summed E-state index contributed by atoms with van der Waals surface area (Å²) in [5.74, 6) is -0.653. The van der Waals surface area contributed by atoms with E-state index in [4.69, 9.17) is 15.2 Å². The van der Waals surface area contributed by atoms with Gasteiger partial charge in [0.15, 0.2) is 6.10 Å². The number of ether oxygens (including phenoxy) is 2. The molecule has 0 heterocycles. The van der Waals surface area contributed by atoms with Gasteiger partial charge < -0.3 is 15.2 Å². The predicted octanol–water partition coefficient (Wildman–Crippen LogP) is 3.47. The van der Waals surface area contributed by atoms with Gasteiger partial charge in [-0.15, -0.1) is 0 Å². The molecule has 0 aromatic heterocycles. The summed E-state index contributed by atoms with van der Waals surface area (Å²) < 4.78 is 11.7. The van der Waals surface area contributed by atoms with Crippen LogP contribution in [0.1, 0.15) is 15.9 Å². The summed E-state index contributed by atoms with van der Waals surface area (Å²) in [6.07, 6.45) is -0.478. The van der Waals surface area contributed by atoms with E-state index >= 15 is 0 Å². The average Bonchev–Trinajstić information content (AvgIpc) is 2.56. The lowest BCUT2D eigenvalue weighted by Crippen LogP contribution is -2.31. The average molecular weight is 457 g/mol. The van der Waals surface area contributed by atoms with Gasteiger partial charge in [0.1, 0.15) is 5.75 Å². The number of primary amides is 1. The molecule has 1 atom stereocenters. The summed E-state index contributed by atoms with van der Waals surface area (Å²) in [6, 6.07) is 12.6. The van der Waals surface area contributed by atoms with Gasteiger partial charge in [-0.25, -0.2) is 4.79 Å². The van der Waals surface area contributed by atoms with Crippen LogP contribution in [0.3, 0.4) is 0 Å². The van der Waals surface area contributed by atoms with E-state index in [1.54, 1.807) is 12.1 Å². The van der Waals surface area contributed by atoms with E-state index in [0.717, 1.165) is 5.56 Å². The van der Waals surface area contributed by atoms with Gasteiger partial charge in [0.25, 0.3) is 0 Å². The van der Waals surface area contributed by atoms with E-state index in [9.17, 15) is 9.59 Å². The van der Waals surface area contributed by atoms with Crippen LogP contribution in [0.5, 0.6) is 5.75 Å². The van der Waals surface area contributed by atoms with Crippen LogP contribution < -0.4 is 10.5 Å². The summed E-state index contributed by atoms with van der Waals surface area (Å²) in [5.41, 5.74) is 6.54. The van der Waals surface area contributed by atoms with Crippen LogP contribution in [-0.4, -0.2) is 25.1 Å². The van der Waals surface area contributed by atoms with Gasteiger partial charge >= 0.3 is 5.97 Å². The van der Waals surface area contributed by atoms with Crippen molar-refractivity contribution in [3.63, 3.8) is 0 Å². The second kappa shape index (κ2) is 8.30. The molecule has 2 rings (SSSR count). The normalized spacial score (nSPS) is 11.6. The van der Waals surface area contributed by atoms with Crippen LogP contribution in [0.2, 0.25) is 0 Å². The second-order valence-corrected chi connectivity index (χ2v) is 6.66. The third-order valence-corrected chi connectivity index (χ3v) is 4.45. The standard InChI is InChI=1S/C17H15Br2NO4/c1-23-17(22)14(7-10-5-3-2-4-6-10)24-15-12(18)8-11(16(20)21)9-13(15)19/h2-6,8-9,14H,7H2,1H3,(H2,20,21)/t14-/m1/s1. The van der Waals surface area contributed by atoms with Gasteiger partial charge in [-0.2, -0.15) is 0 Å². The lowest BCUT2D eigenvalue weighted by molar-refractivity contribution is -0.148. The van der Waals surface area contributed by atoms with Crippen LogP contribution in [0.15, 0.2) is 51.4 Å². The Labute approximate surface area is 156 Å². The summed E-state index contributed by atoms with van der Waals surface area (Å²) in [7, 11) is 1.31. The zero-order valence-electron chi connectivity index (χ0n) is 12.8. The molecule has 0 bridgehead atoms. The van der Waals surface area contributed by atoms with E-state index in [1.165, 1.54) is 7.11 Å². The molecular weight excluding hydrogens is 442 g/mol. The lowest BCUT2D eigenvalue weighted by atomic mass is 10.1. The molecule has 2 aromatic rings. The highest BCUT2D eigenvalue weighted by Gasteiger charge is 2.24. The highest BCUT2D eigenvalue weighted by atomic mass is 79.9. The number of nitrogens with two attached hydrogens (primary N) is 1. The molecule has 0 aliphatic rings. The van der Waals surface area contributed by atoms with Gasteiger partial charge in [-0.05, 0) is 49.6 Å². The first kappa shape index (κ1) is 18.5. The van der Waals surface area contributed by atoms with Crippen LogP contribution in [0, 0.1) is 0 Å². The minimum Gasteiger partial charge on any atom is -0.476 e. The second-order valence-electron chi connectivity index (χ2n) is 4.95. The number of esters is 1. The molecule has 0 aliphatic heterocycles. The summed E-state index contributed by atoms with van der Waals surface area (Å²) in [4.78, 5) is 23.4. The highest BCUT2D eigenvalue weighted by Crippen LogP contribution is 2.35. The Morgan fingerprint density at radius 3 is 2.21 bits per heavy atom. The van der Waals surface area contributed by atoms with E-state index in [-0.39, 0.29) is 0 Å². The van der Waals surface area contributed by atoms with Crippen molar-refractivity contribution in [2.75, 3.05) is 7.11 Å². The predicted molar refractivity (Wildman–Crippen MR) is 96.9 cm³/mol. The van der Waals surface area contributed by atoms with Crippen LogP contribution in [0.25, 0.3) is 0 Å². The van der Waals surface area contributed by atoms with Gasteiger partial charge in [-0.3, -0.25) is 4.79 Å². The first-order valence-electron chi connectivity index (χ1n) is 6.99. The monoisotopic (exact) mass is 455 g/mol. The molecule has 0 spiro atoms. The molecule has 24 heavy (non-hydrogen) atoms. The molecule has 7 heteroatoms. The van der Waals surface area contributed by atoms with Gasteiger partial charge in [0.05, 0.1) is 16.1 Å². The van der Waals surface area contributed by atoms with Crippen molar-refractivity contribution in [2.24, 2.45) is 5.73 Å². The summed E-state index contributed by atoms with van der Waals surface area (Å²) in [5, 5.41) is 0. The number of hydrogen-bond donors (Lipinski definition) is 1. The Bertz CT molecular complexity index is 727. The zero-order valence-corrected chi connectivity index (χ0v) is 16.0. The number of hydrogen-bond acceptors (Lipinski definition) is 4. The smallest absolute Gasteiger partial charge is 0.347 e. The molecule has 0 saturated heterocycles.